The molecular formula is C22H21F3N2O2. The second kappa shape index (κ2) is 6.91. The van der Waals surface area contributed by atoms with Crippen LogP contribution in [0.4, 0.5) is 13.2 Å². The van der Waals surface area contributed by atoms with Crippen LogP contribution in [0.15, 0.2) is 54.6 Å². The molecule has 3 aromatic rings. The van der Waals surface area contributed by atoms with E-state index >= 15 is 0 Å². The number of fused-ring (bicyclic) bond motifs is 3. The molecule has 0 spiro atoms. The summed E-state index contributed by atoms with van der Waals surface area (Å²) in [7, 11) is 0.932. The Kier molecular flexibility index (Phi) is 4.65. The number of hydrogen-bond acceptors (Lipinski definition) is 2. The highest BCUT2D eigenvalue weighted by Crippen LogP contribution is 2.45. The number of rotatable bonds is 3. The second-order valence-corrected chi connectivity index (χ2v) is 7.24. The number of nitrogens with zero attached hydrogens (tertiary/aromatic N) is 1. The minimum atomic E-state index is -4.92. The van der Waals surface area contributed by atoms with Crippen LogP contribution >= 0.6 is 0 Å². The van der Waals surface area contributed by atoms with E-state index in [2.05, 4.69) is 4.98 Å². The minimum absolute atomic E-state index is 0.183. The van der Waals surface area contributed by atoms with Gasteiger partial charge in [-0.15, -0.1) is 0 Å². The summed E-state index contributed by atoms with van der Waals surface area (Å²) in [6, 6.07) is 14.3. The molecule has 2 aromatic carbocycles. The van der Waals surface area contributed by atoms with Gasteiger partial charge in [0.15, 0.2) is 0 Å². The number of para-hydroxylation sites is 1. The third-order valence-corrected chi connectivity index (χ3v) is 5.78. The molecule has 7 heteroatoms. The predicted molar refractivity (Wildman–Crippen MR) is 103 cm³/mol. The molecule has 0 aliphatic carbocycles. The molecule has 0 fully saturated rings. The summed E-state index contributed by atoms with van der Waals surface area (Å²) in [5.41, 5.74) is -0.547. The Labute approximate surface area is 166 Å². The van der Waals surface area contributed by atoms with Gasteiger partial charge in [-0.2, -0.15) is 13.2 Å². The highest BCUT2D eigenvalue weighted by molar-refractivity contribution is 5.90. The van der Waals surface area contributed by atoms with Crippen LogP contribution in [0.3, 0.4) is 0 Å². The number of aromatic nitrogens is 1. The van der Waals surface area contributed by atoms with Crippen LogP contribution in [0.5, 0.6) is 0 Å². The molecular weight excluding hydrogens is 381 g/mol. The molecule has 0 saturated heterocycles. The van der Waals surface area contributed by atoms with E-state index in [-0.39, 0.29) is 12.1 Å². The first kappa shape index (κ1) is 19.5. The Morgan fingerprint density at radius 1 is 1.10 bits per heavy atom. The molecule has 0 bridgehead atoms. The van der Waals surface area contributed by atoms with Gasteiger partial charge in [-0.1, -0.05) is 48.5 Å². The zero-order valence-corrected chi connectivity index (χ0v) is 16.1. The monoisotopic (exact) mass is 402 g/mol. The lowest BCUT2D eigenvalue weighted by molar-refractivity contribution is -0.271. The minimum Gasteiger partial charge on any atom is -0.356 e. The van der Waals surface area contributed by atoms with Gasteiger partial charge in [0.2, 0.25) is 0 Å². The smallest absolute Gasteiger partial charge is 0.356 e. The lowest BCUT2D eigenvalue weighted by atomic mass is 9.88. The van der Waals surface area contributed by atoms with Crippen molar-refractivity contribution in [1.82, 2.24) is 9.88 Å². The molecule has 29 heavy (non-hydrogen) atoms. The summed E-state index contributed by atoms with van der Waals surface area (Å²) in [6.07, 6.45) is -4.44. The molecule has 1 aliphatic heterocycles. The van der Waals surface area contributed by atoms with Crippen molar-refractivity contribution in [3.05, 3.63) is 71.4 Å². The number of carbonyl (C=O) groups is 1. The van der Waals surface area contributed by atoms with Gasteiger partial charge in [0.25, 0.3) is 11.5 Å². The fraction of sp³-hybridized carbons (Fsp3) is 0.318. The van der Waals surface area contributed by atoms with Crippen LogP contribution in [0, 0.1) is 0 Å². The predicted octanol–water partition coefficient (Wildman–Crippen LogP) is 4.72. The van der Waals surface area contributed by atoms with Crippen LogP contribution in [-0.2, 0) is 21.6 Å². The van der Waals surface area contributed by atoms with Gasteiger partial charge in [-0.25, -0.2) is 0 Å². The Hall–Kier alpha value is -2.80. The number of hydrogen-bond donors (Lipinski definition) is 1. The molecule has 1 aromatic heterocycles. The maximum absolute atomic E-state index is 14.3. The molecule has 0 unspecified atom stereocenters. The van der Waals surface area contributed by atoms with Crippen LogP contribution < -0.4 is 0 Å². The summed E-state index contributed by atoms with van der Waals surface area (Å²) >= 11 is 0. The van der Waals surface area contributed by atoms with Crippen LogP contribution in [0.1, 0.15) is 29.8 Å². The van der Waals surface area contributed by atoms with E-state index in [9.17, 15) is 18.0 Å². The number of H-pyrrole nitrogens is 1. The van der Waals surface area contributed by atoms with Gasteiger partial charge in [0, 0.05) is 35.8 Å². The van der Waals surface area contributed by atoms with Gasteiger partial charge >= 0.3 is 6.18 Å². The van der Waals surface area contributed by atoms with Crippen LogP contribution in [0.2, 0.25) is 0 Å². The first-order valence-corrected chi connectivity index (χ1v) is 9.39. The number of benzene rings is 2. The summed E-state index contributed by atoms with van der Waals surface area (Å²) in [4.78, 5) is 17.9. The number of aromatic amines is 1. The molecule has 2 heterocycles. The third-order valence-electron chi connectivity index (χ3n) is 5.78. The number of nitrogens with one attached hydrogen (secondary N) is 1. The van der Waals surface area contributed by atoms with E-state index in [0.717, 1.165) is 29.3 Å². The van der Waals surface area contributed by atoms with Gasteiger partial charge in [-0.05, 0) is 25.0 Å². The van der Waals surface area contributed by atoms with Crippen molar-refractivity contribution in [2.24, 2.45) is 0 Å². The van der Waals surface area contributed by atoms with Crippen LogP contribution in [0.25, 0.3) is 10.9 Å². The number of alkyl halides is 3. The third kappa shape index (κ3) is 2.83. The van der Waals surface area contributed by atoms with E-state index in [1.165, 1.54) is 29.2 Å². The van der Waals surface area contributed by atoms with Gasteiger partial charge < -0.3 is 14.6 Å². The molecule has 2 atom stereocenters. The first-order chi connectivity index (χ1) is 13.8. The number of ether oxygens (including phenoxy) is 1. The van der Waals surface area contributed by atoms with Gasteiger partial charge in [0.05, 0.1) is 6.04 Å². The molecule has 0 radical (unpaired) electrons. The molecule has 1 N–H and O–H groups in total. The van der Waals surface area contributed by atoms with Crippen molar-refractivity contribution in [2.45, 2.75) is 31.2 Å². The van der Waals surface area contributed by atoms with E-state index in [1.807, 2.05) is 24.3 Å². The lowest BCUT2D eigenvalue weighted by Gasteiger charge is -2.41. The fourth-order valence-corrected chi connectivity index (χ4v) is 4.31. The zero-order valence-electron chi connectivity index (χ0n) is 16.1. The maximum Gasteiger partial charge on any atom is 0.430 e. The number of amides is 1. The standard InChI is InChI=1S/C22H21F3N2O2/c1-14-19-17(16-10-6-7-11-18(16)26-19)12-13-27(14)20(28)21(29-2,22(23,24)25)15-8-4-3-5-9-15/h3-11,14,26H,12-13H2,1-2H3/t14-,21-/m1/s1. The van der Waals surface area contributed by atoms with Crippen molar-refractivity contribution >= 4 is 16.8 Å². The van der Waals surface area contributed by atoms with E-state index in [4.69, 9.17) is 4.74 Å². The quantitative estimate of drug-likeness (QED) is 0.689. The van der Waals surface area contributed by atoms with E-state index in [1.54, 1.807) is 13.0 Å². The molecule has 0 saturated carbocycles. The van der Waals surface area contributed by atoms with Crippen molar-refractivity contribution in [1.29, 1.82) is 0 Å². The Morgan fingerprint density at radius 3 is 2.41 bits per heavy atom. The Morgan fingerprint density at radius 2 is 1.76 bits per heavy atom. The molecule has 1 aliphatic rings. The maximum atomic E-state index is 14.3. The summed E-state index contributed by atoms with van der Waals surface area (Å²) in [6.45, 7) is 1.93. The number of carbonyl (C=O) groups excluding carboxylic acids is 1. The van der Waals surface area contributed by atoms with Crippen molar-refractivity contribution in [2.75, 3.05) is 13.7 Å². The van der Waals surface area contributed by atoms with E-state index < -0.39 is 23.7 Å². The van der Waals surface area contributed by atoms with Crippen LogP contribution in [-0.4, -0.2) is 35.6 Å². The van der Waals surface area contributed by atoms with Crippen molar-refractivity contribution in [3.8, 4) is 0 Å². The fourth-order valence-electron chi connectivity index (χ4n) is 4.31. The Balaban J connectivity index is 1.79. The highest BCUT2D eigenvalue weighted by atomic mass is 19.4. The van der Waals surface area contributed by atoms with Gasteiger partial charge in [0.1, 0.15) is 0 Å². The highest BCUT2D eigenvalue weighted by Gasteiger charge is 2.64. The van der Waals surface area contributed by atoms with E-state index in [0.29, 0.717) is 6.42 Å². The zero-order chi connectivity index (χ0) is 20.8. The number of halogens is 3. The second-order valence-electron chi connectivity index (χ2n) is 7.24. The number of methoxy groups -OCH3 is 1. The normalized spacial score (nSPS) is 19.1. The first-order valence-electron chi connectivity index (χ1n) is 9.39. The summed E-state index contributed by atoms with van der Waals surface area (Å²) < 4.78 is 47.8. The SMILES string of the molecule is CO[C@@](C(=O)N1CCc2c([nH]c3ccccc23)[C@H]1C)(c1ccccc1)C(F)(F)F. The van der Waals surface area contributed by atoms with Gasteiger partial charge in [-0.3, -0.25) is 4.79 Å². The molecule has 152 valence electrons. The van der Waals surface area contributed by atoms with Crippen molar-refractivity contribution < 1.29 is 22.7 Å². The van der Waals surface area contributed by atoms with Crippen molar-refractivity contribution in [3.63, 3.8) is 0 Å². The molecule has 4 nitrogen and oxygen atoms in total. The lowest BCUT2D eigenvalue weighted by Crippen LogP contribution is -2.58. The average Bonchev–Trinajstić information content (AvgIpc) is 3.09. The largest absolute Gasteiger partial charge is 0.430 e. The summed E-state index contributed by atoms with van der Waals surface area (Å²) in [5.74, 6) is -1.10. The Bertz CT molecular complexity index is 1050. The average molecular weight is 402 g/mol. The molecule has 4 rings (SSSR count). The topological polar surface area (TPSA) is 45.3 Å². The molecule has 1 amide bonds. The summed E-state index contributed by atoms with van der Waals surface area (Å²) in [5, 5.41) is 1.04.